The van der Waals surface area contributed by atoms with Crippen LogP contribution in [0.25, 0.3) is 22.2 Å². The maximum absolute atomic E-state index is 6.24. The van der Waals surface area contributed by atoms with Crippen molar-refractivity contribution in [2.45, 2.75) is 19.1 Å². The number of hydrogen-bond acceptors (Lipinski definition) is 5. The molecule has 0 bridgehead atoms. The summed E-state index contributed by atoms with van der Waals surface area (Å²) in [5.74, 6) is 1.35. The summed E-state index contributed by atoms with van der Waals surface area (Å²) in [6.45, 7) is 2.52. The molecule has 0 spiro atoms. The monoisotopic (exact) mass is 385 g/mol. The Hall–Kier alpha value is -3.38. The molecule has 1 saturated heterocycles. The molecule has 146 valence electrons. The van der Waals surface area contributed by atoms with Gasteiger partial charge in [0.05, 0.1) is 5.39 Å². The Balaban J connectivity index is 1.46. The zero-order chi connectivity index (χ0) is 19.6. The number of ether oxygens (including phenoxy) is 1. The number of nitrogens with two attached hydrogens (primary N) is 1. The van der Waals surface area contributed by atoms with E-state index in [1.54, 1.807) is 6.33 Å². The van der Waals surface area contributed by atoms with Crippen LogP contribution in [0.15, 0.2) is 67.1 Å². The molecule has 2 aromatic heterocycles. The number of nitrogen functional groups attached to an aromatic ring is 1. The zero-order valence-corrected chi connectivity index (χ0v) is 16.1. The smallest absolute Gasteiger partial charge is 0.146 e. The first-order valence-corrected chi connectivity index (χ1v) is 9.88. The average Bonchev–Trinajstić information content (AvgIpc) is 3.42. The fourth-order valence-electron chi connectivity index (χ4n) is 3.95. The number of hydrogen-bond donors (Lipinski definition) is 2. The van der Waals surface area contributed by atoms with Crippen LogP contribution in [0.5, 0.6) is 5.75 Å². The fourth-order valence-corrected chi connectivity index (χ4v) is 3.95. The molecule has 3 N–H and O–H groups in total. The highest BCUT2D eigenvalue weighted by atomic mass is 16.5. The van der Waals surface area contributed by atoms with Gasteiger partial charge in [-0.05, 0) is 36.2 Å². The zero-order valence-electron chi connectivity index (χ0n) is 16.1. The van der Waals surface area contributed by atoms with E-state index in [-0.39, 0.29) is 0 Å². The lowest BCUT2D eigenvalue weighted by Crippen LogP contribution is -2.13. The van der Waals surface area contributed by atoms with Crippen molar-refractivity contribution in [1.29, 1.82) is 0 Å². The second kappa shape index (κ2) is 7.56. The van der Waals surface area contributed by atoms with E-state index in [1.807, 2.05) is 30.3 Å². The Morgan fingerprint density at radius 2 is 1.90 bits per heavy atom. The summed E-state index contributed by atoms with van der Waals surface area (Å²) in [6, 6.07) is 18.7. The van der Waals surface area contributed by atoms with Crippen LogP contribution in [0.4, 0.5) is 5.82 Å². The number of fused-ring (bicyclic) bond motifs is 1. The number of anilines is 1. The van der Waals surface area contributed by atoms with Gasteiger partial charge in [0, 0.05) is 24.3 Å². The Labute approximate surface area is 169 Å². The topological polar surface area (TPSA) is 78.0 Å². The Bertz CT molecular complexity index is 1120. The molecule has 1 aliphatic heterocycles. The van der Waals surface area contributed by atoms with Gasteiger partial charge in [-0.1, -0.05) is 42.5 Å². The summed E-state index contributed by atoms with van der Waals surface area (Å²) in [7, 11) is 0. The van der Waals surface area contributed by atoms with E-state index in [0.717, 1.165) is 53.0 Å². The lowest BCUT2D eigenvalue weighted by Gasteiger charge is -2.11. The molecule has 5 rings (SSSR count). The van der Waals surface area contributed by atoms with Gasteiger partial charge in [0.15, 0.2) is 0 Å². The van der Waals surface area contributed by atoms with Gasteiger partial charge in [0.25, 0.3) is 0 Å². The lowest BCUT2D eigenvalue weighted by atomic mass is 10.1. The summed E-state index contributed by atoms with van der Waals surface area (Å²) in [4.78, 5) is 8.76. The molecule has 1 atom stereocenters. The maximum Gasteiger partial charge on any atom is 0.146 e. The largest absolute Gasteiger partial charge is 0.489 e. The predicted molar refractivity (Wildman–Crippen MR) is 115 cm³/mol. The van der Waals surface area contributed by atoms with E-state index in [9.17, 15) is 0 Å². The van der Waals surface area contributed by atoms with Crippen LogP contribution in [0, 0.1) is 0 Å². The Morgan fingerprint density at radius 3 is 2.66 bits per heavy atom. The van der Waals surface area contributed by atoms with Gasteiger partial charge in [0.2, 0.25) is 0 Å². The third-order valence-corrected chi connectivity index (χ3v) is 5.48. The van der Waals surface area contributed by atoms with Gasteiger partial charge in [-0.15, -0.1) is 0 Å². The number of benzene rings is 2. The minimum Gasteiger partial charge on any atom is -0.489 e. The number of rotatable bonds is 5. The molecule has 6 heteroatoms. The molecule has 1 aliphatic rings. The van der Waals surface area contributed by atoms with E-state index < -0.39 is 0 Å². The molecular weight excluding hydrogens is 362 g/mol. The second-order valence-corrected chi connectivity index (χ2v) is 7.35. The normalized spacial score (nSPS) is 16.3. The summed E-state index contributed by atoms with van der Waals surface area (Å²) in [5, 5.41) is 4.34. The summed E-state index contributed by atoms with van der Waals surface area (Å²) < 4.78 is 8.16. The SMILES string of the molecule is Nc1ncnc2c1c(-c1ccc(OCc3ccccc3)cc1)cn2C1CCNC1. The van der Waals surface area contributed by atoms with Crippen molar-refractivity contribution in [2.75, 3.05) is 18.8 Å². The van der Waals surface area contributed by atoms with Crippen molar-refractivity contribution in [2.24, 2.45) is 0 Å². The molecule has 0 radical (unpaired) electrons. The lowest BCUT2D eigenvalue weighted by molar-refractivity contribution is 0.306. The van der Waals surface area contributed by atoms with Gasteiger partial charge in [-0.3, -0.25) is 0 Å². The molecule has 0 amide bonds. The molecule has 6 nitrogen and oxygen atoms in total. The van der Waals surface area contributed by atoms with E-state index in [2.05, 4.69) is 50.3 Å². The quantitative estimate of drug-likeness (QED) is 0.546. The van der Waals surface area contributed by atoms with E-state index in [4.69, 9.17) is 10.5 Å². The molecular formula is C23H23N5O. The molecule has 0 aliphatic carbocycles. The van der Waals surface area contributed by atoms with Crippen LogP contribution >= 0.6 is 0 Å². The van der Waals surface area contributed by atoms with Crippen molar-refractivity contribution in [3.63, 3.8) is 0 Å². The van der Waals surface area contributed by atoms with Crippen LogP contribution in [0.1, 0.15) is 18.0 Å². The van der Waals surface area contributed by atoms with Gasteiger partial charge in [-0.25, -0.2) is 9.97 Å². The molecule has 1 fully saturated rings. The van der Waals surface area contributed by atoms with Gasteiger partial charge in [0.1, 0.15) is 30.1 Å². The van der Waals surface area contributed by atoms with Crippen LogP contribution < -0.4 is 15.8 Å². The predicted octanol–water partition coefficient (Wildman–Crippen LogP) is 3.79. The third kappa shape index (κ3) is 3.43. The van der Waals surface area contributed by atoms with Crippen molar-refractivity contribution in [3.05, 3.63) is 72.7 Å². The van der Waals surface area contributed by atoms with E-state index in [0.29, 0.717) is 18.5 Å². The summed E-state index contributed by atoms with van der Waals surface area (Å²) in [5.41, 5.74) is 10.4. The van der Waals surface area contributed by atoms with Crippen molar-refractivity contribution in [3.8, 4) is 16.9 Å². The van der Waals surface area contributed by atoms with Crippen molar-refractivity contribution >= 4 is 16.9 Å². The van der Waals surface area contributed by atoms with Crippen molar-refractivity contribution < 1.29 is 4.74 Å². The van der Waals surface area contributed by atoms with Gasteiger partial charge < -0.3 is 20.4 Å². The first kappa shape index (κ1) is 17.7. The molecule has 4 aromatic rings. The average molecular weight is 385 g/mol. The molecule has 0 saturated carbocycles. The van der Waals surface area contributed by atoms with Gasteiger partial charge in [-0.2, -0.15) is 0 Å². The number of nitrogens with one attached hydrogen (secondary N) is 1. The maximum atomic E-state index is 6.24. The molecule has 2 aromatic carbocycles. The van der Waals surface area contributed by atoms with Crippen LogP contribution in [-0.4, -0.2) is 27.6 Å². The molecule has 1 unspecified atom stereocenters. The third-order valence-electron chi connectivity index (χ3n) is 5.48. The molecule has 3 heterocycles. The Kier molecular flexibility index (Phi) is 4.62. The first-order valence-electron chi connectivity index (χ1n) is 9.88. The van der Waals surface area contributed by atoms with E-state index >= 15 is 0 Å². The molecule has 29 heavy (non-hydrogen) atoms. The van der Waals surface area contributed by atoms with Crippen LogP contribution in [-0.2, 0) is 6.61 Å². The first-order chi connectivity index (χ1) is 14.3. The van der Waals surface area contributed by atoms with Gasteiger partial charge >= 0.3 is 0 Å². The standard InChI is InChI=1S/C23H23N5O/c24-22-21-20(13-28(18-10-11-25-12-18)23(21)27-15-26-22)17-6-8-19(9-7-17)29-14-16-4-2-1-3-5-16/h1-9,13,15,18,25H,10-12,14H2,(H2,24,26,27). The Morgan fingerprint density at radius 1 is 1.07 bits per heavy atom. The fraction of sp³-hybridized carbons (Fsp3) is 0.217. The van der Waals surface area contributed by atoms with E-state index in [1.165, 1.54) is 0 Å². The highest BCUT2D eigenvalue weighted by Gasteiger charge is 2.22. The van der Waals surface area contributed by atoms with Crippen LogP contribution in [0.2, 0.25) is 0 Å². The number of nitrogens with zero attached hydrogens (tertiary/aromatic N) is 3. The highest BCUT2D eigenvalue weighted by molar-refractivity contribution is 6.00. The minimum atomic E-state index is 0.383. The summed E-state index contributed by atoms with van der Waals surface area (Å²) in [6.07, 6.45) is 4.79. The number of aromatic nitrogens is 3. The second-order valence-electron chi connectivity index (χ2n) is 7.35. The van der Waals surface area contributed by atoms with Crippen LogP contribution in [0.3, 0.4) is 0 Å². The highest BCUT2D eigenvalue weighted by Crippen LogP contribution is 2.35. The van der Waals surface area contributed by atoms with Crippen molar-refractivity contribution in [1.82, 2.24) is 19.9 Å². The minimum absolute atomic E-state index is 0.383. The summed E-state index contributed by atoms with van der Waals surface area (Å²) >= 11 is 0.